The lowest BCUT2D eigenvalue weighted by Crippen LogP contribution is -2.55. The van der Waals surface area contributed by atoms with Gasteiger partial charge in [0.25, 0.3) is 15.9 Å². The van der Waals surface area contributed by atoms with Crippen LogP contribution in [0.2, 0.25) is 0 Å². The van der Waals surface area contributed by atoms with Crippen LogP contribution in [0.25, 0.3) is 11.1 Å². The molecule has 0 aromatic heterocycles. The zero-order chi connectivity index (χ0) is 28.5. The molecule has 2 aromatic carbocycles. The van der Waals surface area contributed by atoms with Crippen LogP contribution in [-0.4, -0.2) is 43.3 Å². The van der Waals surface area contributed by atoms with Crippen molar-refractivity contribution in [3.05, 3.63) is 53.6 Å². The number of rotatable bonds is 12. The number of aliphatic imine (C=N–C) groups is 1. The number of hydrogen-bond donors (Lipinski definition) is 1. The lowest BCUT2D eigenvalue weighted by atomic mass is 9.84. The molecule has 1 N–H and O–H groups in total. The lowest BCUT2D eigenvalue weighted by Gasteiger charge is -2.40. The van der Waals surface area contributed by atoms with Gasteiger partial charge in [0.1, 0.15) is 11.4 Å². The van der Waals surface area contributed by atoms with Crippen molar-refractivity contribution < 1.29 is 22.7 Å². The third-order valence-electron chi connectivity index (χ3n) is 8.31. The number of aryl methyl sites for hydroxylation is 1. The lowest BCUT2D eigenvalue weighted by molar-refractivity contribution is -0.128. The Morgan fingerprint density at radius 1 is 1.07 bits per heavy atom. The molecule has 2 aliphatic carbocycles. The maximum absolute atomic E-state index is 13.4. The molecule has 3 aliphatic rings. The molecule has 2 saturated carbocycles. The molecule has 5 rings (SSSR count). The number of carbonyl (C=O) groups is 2. The number of nitrogens with one attached hydrogen (secondary N) is 1. The highest BCUT2D eigenvalue weighted by atomic mass is 32.2. The zero-order valence-electron chi connectivity index (χ0n) is 23.6. The third-order valence-corrected chi connectivity index (χ3v) is 9.68. The van der Waals surface area contributed by atoms with Gasteiger partial charge in [-0.1, -0.05) is 56.7 Å². The molecular formula is C31H39N3O5S. The van der Waals surface area contributed by atoms with Crippen LogP contribution in [0, 0.1) is 18.8 Å². The average Bonchev–Trinajstić information content (AvgIpc) is 3.85. The summed E-state index contributed by atoms with van der Waals surface area (Å²) in [5.41, 5.74) is 2.84. The van der Waals surface area contributed by atoms with Crippen LogP contribution in [0.5, 0.6) is 0 Å². The first-order chi connectivity index (χ1) is 19.2. The molecule has 1 aliphatic heterocycles. The Hall–Kier alpha value is -3.20. The fourth-order valence-electron chi connectivity index (χ4n) is 6.06. The van der Waals surface area contributed by atoms with Gasteiger partial charge in [-0.25, -0.2) is 17.9 Å². The first kappa shape index (κ1) is 28.3. The summed E-state index contributed by atoms with van der Waals surface area (Å²) in [6.45, 7) is 6.86. The Balaban J connectivity index is 1.42. The van der Waals surface area contributed by atoms with Crippen molar-refractivity contribution in [3.8, 4) is 11.1 Å². The summed E-state index contributed by atoms with van der Waals surface area (Å²) in [7, 11) is -4.14. The predicted molar refractivity (Wildman–Crippen MR) is 154 cm³/mol. The second kappa shape index (κ2) is 11.4. The number of ether oxygens (including phenoxy) is 1. The van der Waals surface area contributed by atoms with Crippen LogP contribution < -0.4 is 4.72 Å². The molecule has 2 fully saturated rings. The van der Waals surface area contributed by atoms with Crippen LogP contribution in [-0.2, 0) is 26.1 Å². The third kappa shape index (κ3) is 5.40. The van der Waals surface area contributed by atoms with Gasteiger partial charge in [-0.15, -0.1) is 0 Å². The Bertz CT molecular complexity index is 1410. The fourth-order valence-corrected chi connectivity index (χ4v) is 7.18. The number of nitrogens with zero attached hydrogens (tertiary/aromatic N) is 2. The van der Waals surface area contributed by atoms with E-state index in [9.17, 15) is 18.0 Å². The molecule has 0 unspecified atom stereocenters. The maximum atomic E-state index is 13.4. The number of benzene rings is 2. The van der Waals surface area contributed by atoms with Gasteiger partial charge >= 0.3 is 6.09 Å². The first-order valence-corrected chi connectivity index (χ1v) is 16.0. The van der Waals surface area contributed by atoms with E-state index in [0.717, 1.165) is 67.5 Å². The molecule has 8 nitrogen and oxygen atoms in total. The van der Waals surface area contributed by atoms with Crippen molar-refractivity contribution in [2.75, 3.05) is 6.61 Å². The van der Waals surface area contributed by atoms with Gasteiger partial charge in [-0.3, -0.25) is 4.79 Å². The van der Waals surface area contributed by atoms with E-state index < -0.39 is 21.7 Å². The molecule has 40 heavy (non-hydrogen) atoms. The Labute approximate surface area is 237 Å². The SMILES string of the molecule is CCCCOC(=O)NS(=O)(=O)c1ccccc1-c1ccc(CN2C(CCC)=NC(=O)C2(C2CC2)C2CC2)c(C)c1. The first-order valence-electron chi connectivity index (χ1n) is 14.5. The summed E-state index contributed by atoms with van der Waals surface area (Å²) < 4.78 is 33.3. The van der Waals surface area contributed by atoms with Crippen molar-refractivity contribution in [2.24, 2.45) is 16.8 Å². The Morgan fingerprint density at radius 2 is 1.77 bits per heavy atom. The van der Waals surface area contributed by atoms with E-state index in [0.29, 0.717) is 30.4 Å². The predicted octanol–water partition coefficient (Wildman–Crippen LogP) is 5.98. The van der Waals surface area contributed by atoms with Gasteiger partial charge in [0.2, 0.25) is 0 Å². The summed E-state index contributed by atoms with van der Waals surface area (Å²) in [4.78, 5) is 32.5. The minimum atomic E-state index is -4.14. The largest absolute Gasteiger partial charge is 0.449 e. The van der Waals surface area contributed by atoms with E-state index in [2.05, 4.69) is 16.8 Å². The minimum absolute atomic E-state index is 0.0126. The number of amidine groups is 1. The van der Waals surface area contributed by atoms with Gasteiger partial charge in [0, 0.05) is 18.5 Å². The van der Waals surface area contributed by atoms with E-state index in [1.807, 2.05) is 36.8 Å². The van der Waals surface area contributed by atoms with Crippen LogP contribution in [0.15, 0.2) is 52.4 Å². The molecule has 0 atom stereocenters. The van der Waals surface area contributed by atoms with Gasteiger partial charge in [0.05, 0.1) is 11.5 Å². The number of sulfonamides is 1. The van der Waals surface area contributed by atoms with Crippen LogP contribution in [0.4, 0.5) is 4.79 Å². The molecule has 0 saturated heterocycles. The average molecular weight is 566 g/mol. The maximum Gasteiger partial charge on any atom is 0.421 e. The molecule has 2 aromatic rings. The Morgan fingerprint density at radius 3 is 2.40 bits per heavy atom. The molecule has 2 amide bonds. The van der Waals surface area contributed by atoms with Crippen LogP contribution >= 0.6 is 0 Å². The van der Waals surface area contributed by atoms with E-state index in [-0.39, 0.29) is 17.4 Å². The molecule has 0 bridgehead atoms. The molecule has 0 spiro atoms. The fraction of sp³-hybridized carbons (Fsp3) is 0.516. The second-order valence-electron chi connectivity index (χ2n) is 11.3. The van der Waals surface area contributed by atoms with E-state index in [1.165, 1.54) is 6.07 Å². The van der Waals surface area contributed by atoms with Gasteiger partial charge in [-0.05, 0) is 80.0 Å². The van der Waals surface area contributed by atoms with Crippen LogP contribution in [0.1, 0.15) is 76.3 Å². The molecule has 9 heteroatoms. The molecular weight excluding hydrogens is 526 g/mol. The summed E-state index contributed by atoms with van der Waals surface area (Å²) in [5.74, 6) is 1.71. The summed E-state index contributed by atoms with van der Waals surface area (Å²) >= 11 is 0. The number of hydrogen-bond acceptors (Lipinski definition) is 6. The zero-order valence-corrected chi connectivity index (χ0v) is 24.4. The van der Waals surface area contributed by atoms with E-state index in [1.54, 1.807) is 18.2 Å². The molecule has 0 radical (unpaired) electrons. The monoisotopic (exact) mass is 565 g/mol. The topological polar surface area (TPSA) is 105 Å². The Kier molecular flexibility index (Phi) is 8.04. The van der Waals surface area contributed by atoms with Gasteiger partial charge in [-0.2, -0.15) is 4.99 Å². The molecule has 214 valence electrons. The van der Waals surface area contributed by atoms with Crippen molar-refractivity contribution in [1.82, 2.24) is 9.62 Å². The quantitative estimate of drug-likeness (QED) is 0.318. The van der Waals surface area contributed by atoms with Crippen molar-refractivity contribution in [3.63, 3.8) is 0 Å². The second-order valence-corrected chi connectivity index (χ2v) is 12.9. The smallest absolute Gasteiger partial charge is 0.421 e. The van der Waals surface area contributed by atoms with Crippen LogP contribution in [0.3, 0.4) is 0 Å². The van der Waals surface area contributed by atoms with Crippen molar-refractivity contribution in [2.45, 2.75) is 89.1 Å². The van der Waals surface area contributed by atoms with Gasteiger partial charge < -0.3 is 9.64 Å². The number of unbranched alkanes of at least 4 members (excludes halogenated alkanes) is 1. The highest BCUT2D eigenvalue weighted by Crippen LogP contribution is 2.58. The minimum Gasteiger partial charge on any atom is -0.449 e. The summed E-state index contributed by atoms with van der Waals surface area (Å²) in [6.07, 6.45) is 6.55. The number of carbonyl (C=O) groups excluding carboxylic acids is 2. The highest BCUT2D eigenvalue weighted by molar-refractivity contribution is 7.90. The summed E-state index contributed by atoms with van der Waals surface area (Å²) in [6, 6.07) is 12.6. The van der Waals surface area contributed by atoms with E-state index >= 15 is 0 Å². The van der Waals surface area contributed by atoms with Crippen molar-refractivity contribution in [1.29, 1.82) is 0 Å². The summed E-state index contributed by atoms with van der Waals surface area (Å²) in [5, 5.41) is 0. The van der Waals surface area contributed by atoms with Gasteiger partial charge in [0.15, 0.2) is 0 Å². The van der Waals surface area contributed by atoms with E-state index in [4.69, 9.17) is 4.74 Å². The number of amides is 2. The highest BCUT2D eigenvalue weighted by Gasteiger charge is 2.65. The normalized spacial score (nSPS) is 18.5. The van der Waals surface area contributed by atoms with Crippen molar-refractivity contribution >= 4 is 27.9 Å². The molecule has 1 heterocycles. The standard InChI is InChI=1S/C31H39N3O5S/c1-4-6-18-39-30(36)33-40(37,38)27-11-8-7-10-26(27)22-12-13-23(21(3)19-22)20-34-28(9-5-2)32-29(35)31(34,24-14-15-24)25-16-17-25/h7-8,10-13,19,24-25H,4-6,9,14-18,20H2,1-3H3,(H,33,36).